The average molecular weight is 302 g/mol. The van der Waals surface area contributed by atoms with E-state index in [9.17, 15) is 4.79 Å². The van der Waals surface area contributed by atoms with Crippen LogP contribution in [0.4, 0.5) is 5.00 Å². The summed E-state index contributed by atoms with van der Waals surface area (Å²) in [7, 11) is 0. The minimum Gasteiger partial charge on any atom is -0.315 e. The molecule has 1 amide bonds. The van der Waals surface area contributed by atoms with E-state index in [0.29, 0.717) is 10.6 Å². The van der Waals surface area contributed by atoms with Crippen LogP contribution in [0.3, 0.4) is 0 Å². The first kappa shape index (κ1) is 13.7. The molecular formula is C13H14N6OS. The lowest BCUT2D eigenvalue weighted by molar-refractivity contribution is -0.115. The number of anilines is 1. The fourth-order valence-electron chi connectivity index (χ4n) is 2.31. The molecule has 0 radical (unpaired) electrons. The number of hydrogen-bond acceptors (Lipinski definition) is 6. The second kappa shape index (κ2) is 6.03. The normalized spacial score (nSPS) is 17.0. The zero-order valence-electron chi connectivity index (χ0n) is 11.2. The van der Waals surface area contributed by atoms with Crippen molar-refractivity contribution in [3.63, 3.8) is 0 Å². The van der Waals surface area contributed by atoms with Crippen LogP contribution in [0.1, 0.15) is 17.8 Å². The molecule has 0 aromatic carbocycles. The summed E-state index contributed by atoms with van der Waals surface area (Å²) < 4.78 is 1.87. The number of rotatable bonds is 4. The summed E-state index contributed by atoms with van der Waals surface area (Å²) >= 11 is 1.35. The van der Waals surface area contributed by atoms with Crippen molar-refractivity contribution in [3.05, 3.63) is 29.2 Å². The number of carbonyl (C=O) groups is 1. The fourth-order valence-corrected chi connectivity index (χ4v) is 3.06. The van der Waals surface area contributed by atoms with Crippen molar-refractivity contribution in [2.75, 3.05) is 11.9 Å². The number of nitrogens with one attached hydrogen (secondary N) is 2. The molecule has 108 valence electrons. The van der Waals surface area contributed by atoms with E-state index in [0.717, 1.165) is 25.2 Å². The van der Waals surface area contributed by atoms with Crippen LogP contribution in [-0.4, -0.2) is 33.3 Å². The Morgan fingerprint density at radius 1 is 1.62 bits per heavy atom. The number of amides is 1. The Labute approximate surface area is 125 Å². The smallest absolute Gasteiger partial charge is 0.238 e. The summed E-state index contributed by atoms with van der Waals surface area (Å²) in [6, 6.07) is 3.96. The Balaban J connectivity index is 1.50. The summed E-state index contributed by atoms with van der Waals surface area (Å²) in [5.41, 5.74) is 0.498. The highest BCUT2D eigenvalue weighted by atomic mass is 32.1. The molecule has 7 nitrogen and oxygen atoms in total. The topological polar surface area (TPSA) is 95.6 Å². The molecule has 3 rings (SSSR count). The van der Waals surface area contributed by atoms with Crippen LogP contribution in [0.25, 0.3) is 0 Å². The fraction of sp³-hybridized carbons (Fsp3) is 0.385. The molecule has 2 N–H and O–H groups in total. The lowest BCUT2D eigenvalue weighted by atomic mass is 10.1. The number of carbonyl (C=O) groups excluding carboxylic acids is 1. The van der Waals surface area contributed by atoms with Gasteiger partial charge in [-0.15, -0.1) is 11.3 Å². The predicted molar refractivity (Wildman–Crippen MR) is 77.8 cm³/mol. The summed E-state index contributed by atoms with van der Waals surface area (Å²) in [6.45, 7) is 0.947. The van der Waals surface area contributed by atoms with Crippen molar-refractivity contribution in [2.24, 2.45) is 0 Å². The van der Waals surface area contributed by atoms with Gasteiger partial charge in [-0.3, -0.25) is 4.79 Å². The van der Waals surface area contributed by atoms with E-state index in [1.54, 1.807) is 17.8 Å². The SMILES string of the molecule is N#Cc1ccsc1NC(=O)CNC1CCc2ncnn2C1. The third-order valence-electron chi connectivity index (χ3n) is 3.40. The molecule has 8 heteroatoms. The molecule has 2 aromatic rings. The van der Waals surface area contributed by atoms with Gasteiger partial charge >= 0.3 is 0 Å². The third-order valence-corrected chi connectivity index (χ3v) is 4.23. The summed E-state index contributed by atoms with van der Waals surface area (Å²) in [5, 5.41) is 21.4. The van der Waals surface area contributed by atoms with E-state index in [1.165, 1.54) is 11.3 Å². The van der Waals surface area contributed by atoms with Gasteiger partial charge in [0.25, 0.3) is 0 Å². The van der Waals surface area contributed by atoms with E-state index in [-0.39, 0.29) is 18.5 Å². The summed E-state index contributed by atoms with van der Waals surface area (Å²) in [4.78, 5) is 16.1. The Kier molecular flexibility index (Phi) is 3.94. The van der Waals surface area contributed by atoms with Gasteiger partial charge in [-0.2, -0.15) is 10.4 Å². The quantitative estimate of drug-likeness (QED) is 0.869. The molecule has 1 atom stereocenters. The summed E-state index contributed by atoms with van der Waals surface area (Å²) in [6.07, 6.45) is 3.36. The van der Waals surface area contributed by atoms with Gasteiger partial charge in [0, 0.05) is 12.5 Å². The van der Waals surface area contributed by atoms with E-state index in [2.05, 4.69) is 26.8 Å². The van der Waals surface area contributed by atoms with Crippen molar-refractivity contribution in [3.8, 4) is 6.07 Å². The first-order valence-electron chi connectivity index (χ1n) is 6.64. The van der Waals surface area contributed by atoms with Crippen LogP contribution in [0, 0.1) is 11.3 Å². The Morgan fingerprint density at radius 3 is 3.38 bits per heavy atom. The Bertz CT molecular complexity index is 685. The van der Waals surface area contributed by atoms with Gasteiger partial charge in [0.1, 0.15) is 23.2 Å². The maximum atomic E-state index is 11.9. The highest BCUT2D eigenvalue weighted by molar-refractivity contribution is 7.14. The molecule has 2 aromatic heterocycles. The van der Waals surface area contributed by atoms with Crippen LogP contribution < -0.4 is 10.6 Å². The number of thiophene rings is 1. The lowest BCUT2D eigenvalue weighted by Gasteiger charge is -2.23. The minimum absolute atomic E-state index is 0.140. The average Bonchev–Trinajstić information content (AvgIpc) is 3.12. The van der Waals surface area contributed by atoms with Crippen LogP contribution in [0.15, 0.2) is 17.8 Å². The first-order chi connectivity index (χ1) is 10.3. The summed E-state index contributed by atoms with van der Waals surface area (Å²) in [5.74, 6) is 0.855. The zero-order chi connectivity index (χ0) is 14.7. The lowest BCUT2D eigenvalue weighted by Crippen LogP contribution is -2.41. The molecule has 3 heterocycles. The molecule has 0 saturated carbocycles. The number of aryl methyl sites for hydroxylation is 1. The van der Waals surface area contributed by atoms with E-state index in [1.807, 2.05) is 4.68 Å². The van der Waals surface area contributed by atoms with Crippen molar-refractivity contribution in [1.82, 2.24) is 20.1 Å². The van der Waals surface area contributed by atoms with E-state index < -0.39 is 0 Å². The molecule has 1 aliphatic heterocycles. The molecule has 0 bridgehead atoms. The highest BCUT2D eigenvalue weighted by Gasteiger charge is 2.20. The number of nitrogens with zero attached hydrogens (tertiary/aromatic N) is 4. The second-order valence-corrected chi connectivity index (χ2v) is 5.71. The van der Waals surface area contributed by atoms with Crippen molar-refractivity contribution in [1.29, 1.82) is 5.26 Å². The molecule has 1 unspecified atom stereocenters. The number of aromatic nitrogens is 3. The molecular weight excluding hydrogens is 288 g/mol. The zero-order valence-corrected chi connectivity index (χ0v) is 12.1. The van der Waals surface area contributed by atoms with Crippen molar-refractivity contribution in [2.45, 2.75) is 25.4 Å². The van der Waals surface area contributed by atoms with E-state index in [4.69, 9.17) is 5.26 Å². The van der Waals surface area contributed by atoms with Gasteiger partial charge in [-0.25, -0.2) is 9.67 Å². The van der Waals surface area contributed by atoms with Crippen LogP contribution in [-0.2, 0) is 17.8 Å². The van der Waals surface area contributed by atoms with Gasteiger partial charge in [0.05, 0.1) is 18.7 Å². The number of hydrogen-bond donors (Lipinski definition) is 2. The van der Waals surface area contributed by atoms with Crippen molar-refractivity contribution < 1.29 is 4.79 Å². The minimum atomic E-state index is -0.140. The number of fused-ring (bicyclic) bond motifs is 1. The van der Waals surface area contributed by atoms with Gasteiger partial charge in [0.15, 0.2) is 0 Å². The monoisotopic (exact) mass is 302 g/mol. The first-order valence-corrected chi connectivity index (χ1v) is 7.51. The molecule has 0 spiro atoms. The second-order valence-electron chi connectivity index (χ2n) is 4.80. The van der Waals surface area contributed by atoms with Gasteiger partial charge < -0.3 is 10.6 Å². The molecule has 0 fully saturated rings. The Hall–Kier alpha value is -2.24. The molecule has 21 heavy (non-hydrogen) atoms. The predicted octanol–water partition coefficient (Wildman–Crippen LogP) is 0.754. The van der Waals surface area contributed by atoms with E-state index >= 15 is 0 Å². The van der Waals surface area contributed by atoms with Crippen LogP contribution >= 0.6 is 11.3 Å². The largest absolute Gasteiger partial charge is 0.315 e. The highest BCUT2D eigenvalue weighted by Crippen LogP contribution is 2.21. The van der Waals surface area contributed by atoms with Crippen LogP contribution in [0.5, 0.6) is 0 Å². The van der Waals surface area contributed by atoms with Crippen LogP contribution in [0.2, 0.25) is 0 Å². The molecule has 0 saturated heterocycles. The number of nitriles is 1. The maximum absolute atomic E-state index is 11.9. The molecule has 0 aliphatic carbocycles. The standard InChI is InChI=1S/C13H14N6OS/c14-5-9-3-4-21-13(9)18-12(20)6-15-10-1-2-11-16-8-17-19(11)7-10/h3-4,8,10,15H,1-2,6-7H2,(H,18,20). The molecule has 1 aliphatic rings. The van der Waals surface area contributed by atoms with Crippen molar-refractivity contribution >= 4 is 22.2 Å². The van der Waals surface area contributed by atoms with Gasteiger partial charge in [0.2, 0.25) is 5.91 Å². The van der Waals surface area contributed by atoms with Gasteiger partial charge in [-0.1, -0.05) is 0 Å². The maximum Gasteiger partial charge on any atom is 0.238 e. The Morgan fingerprint density at radius 2 is 2.52 bits per heavy atom. The third kappa shape index (κ3) is 3.09. The van der Waals surface area contributed by atoms with Gasteiger partial charge in [-0.05, 0) is 17.9 Å².